The van der Waals surface area contributed by atoms with Crippen LogP contribution in [0.5, 0.6) is 11.5 Å². The molecule has 0 spiro atoms. The first-order chi connectivity index (χ1) is 18.1. The number of benzene rings is 3. The molecule has 1 aliphatic rings. The summed E-state index contributed by atoms with van der Waals surface area (Å²) >= 11 is 5.99. The maximum atomic E-state index is 14.1. The van der Waals surface area contributed by atoms with Crippen LogP contribution in [0.4, 0.5) is 17.6 Å². The van der Waals surface area contributed by atoms with E-state index in [9.17, 15) is 27.2 Å². The quantitative estimate of drug-likeness (QED) is 0.204. The summed E-state index contributed by atoms with van der Waals surface area (Å²) in [6, 6.07) is 11.0. The molecule has 1 heterocycles. The Morgan fingerprint density at radius 3 is 1.95 bits per heavy atom. The van der Waals surface area contributed by atoms with E-state index in [0.717, 1.165) is 40.9 Å². The van der Waals surface area contributed by atoms with E-state index in [4.69, 9.17) is 26.8 Å². The summed E-state index contributed by atoms with van der Waals surface area (Å²) in [4.78, 5) is 24.7. The predicted molar refractivity (Wildman–Crippen MR) is 135 cm³/mol. The summed E-state index contributed by atoms with van der Waals surface area (Å²) in [5.41, 5.74) is -0.294. The highest BCUT2D eigenvalue weighted by Crippen LogP contribution is 2.35. The van der Waals surface area contributed by atoms with Crippen molar-refractivity contribution in [2.24, 2.45) is 0 Å². The lowest BCUT2D eigenvalue weighted by Crippen LogP contribution is -2.33. The van der Waals surface area contributed by atoms with Gasteiger partial charge in [-0.3, -0.25) is 14.5 Å². The highest BCUT2D eigenvalue weighted by Gasteiger charge is 2.33. The van der Waals surface area contributed by atoms with Crippen LogP contribution < -0.4 is 9.47 Å². The number of halogens is 4. The molecule has 3 aromatic carbocycles. The number of hydrogen-bond donors (Lipinski definition) is 1. The fourth-order valence-corrected chi connectivity index (χ4v) is 4.66. The van der Waals surface area contributed by atoms with Crippen molar-refractivity contribution in [1.29, 1.82) is 0 Å². The molecule has 0 atom stereocenters. The molecular formula is C26H17F4NO5S2. The molecule has 0 saturated carbocycles. The van der Waals surface area contributed by atoms with Crippen molar-refractivity contribution in [1.82, 2.24) is 4.90 Å². The van der Waals surface area contributed by atoms with E-state index in [1.807, 2.05) is 0 Å². The summed E-state index contributed by atoms with van der Waals surface area (Å²) in [5.74, 6) is -5.15. The second-order valence-electron chi connectivity index (χ2n) is 7.85. The Hall–Kier alpha value is -3.90. The molecule has 0 aromatic heterocycles. The van der Waals surface area contributed by atoms with Crippen LogP contribution in [-0.2, 0) is 22.8 Å². The van der Waals surface area contributed by atoms with E-state index >= 15 is 0 Å². The van der Waals surface area contributed by atoms with Crippen LogP contribution in [0.3, 0.4) is 0 Å². The van der Waals surface area contributed by atoms with Crippen LogP contribution in [-0.4, -0.2) is 32.7 Å². The normalized spacial score (nSPS) is 14.3. The number of ether oxygens (including phenoxy) is 2. The van der Waals surface area contributed by atoms with Crippen LogP contribution >= 0.6 is 24.0 Å². The monoisotopic (exact) mass is 563 g/mol. The van der Waals surface area contributed by atoms with Crippen molar-refractivity contribution < 1.29 is 41.7 Å². The van der Waals surface area contributed by atoms with Gasteiger partial charge in [-0.1, -0.05) is 42.2 Å². The topological polar surface area (TPSA) is 76.1 Å². The Balaban J connectivity index is 1.63. The Morgan fingerprint density at radius 2 is 1.42 bits per heavy atom. The third kappa shape index (κ3) is 6.14. The van der Waals surface area contributed by atoms with Crippen molar-refractivity contribution in [3.05, 3.63) is 99.5 Å². The number of carbonyl (C=O) groups is 2. The Labute approximate surface area is 223 Å². The molecule has 1 aliphatic heterocycles. The third-order valence-corrected chi connectivity index (χ3v) is 6.68. The average Bonchev–Trinajstić information content (AvgIpc) is 3.11. The number of hydrogen-bond acceptors (Lipinski definition) is 6. The van der Waals surface area contributed by atoms with Gasteiger partial charge < -0.3 is 14.6 Å². The first kappa shape index (κ1) is 27.1. The number of amides is 1. The first-order valence-corrected chi connectivity index (χ1v) is 12.1. The second-order valence-corrected chi connectivity index (χ2v) is 9.52. The Bertz CT molecular complexity index is 1420. The van der Waals surface area contributed by atoms with Gasteiger partial charge in [-0.25, -0.2) is 17.6 Å². The van der Waals surface area contributed by atoms with Crippen molar-refractivity contribution in [3.8, 4) is 11.5 Å². The highest BCUT2D eigenvalue weighted by molar-refractivity contribution is 8.26. The summed E-state index contributed by atoms with van der Waals surface area (Å²) in [6.07, 6.45) is 1.43. The summed E-state index contributed by atoms with van der Waals surface area (Å²) in [6.45, 7) is -1.63. The van der Waals surface area contributed by atoms with E-state index < -0.39 is 54.9 Å². The van der Waals surface area contributed by atoms with Gasteiger partial charge in [-0.05, 0) is 48.0 Å². The summed E-state index contributed by atoms with van der Waals surface area (Å²) in [7, 11) is 0. The maximum absolute atomic E-state index is 14.1. The van der Waals surface area contributed by atoms with Gasteiger partial charge in [0.05, 0.1) is 16.0 Å². The SMILES string of the molecule is O=C(O)CN1C(=O)/C(=C/c2ccc(OCc3c(F)cccc3F)c(OCc3c(F)cccc3F)c2)SC1=S. The largest absolute Gasteiger partial charge is 0.485 e. The minimum atomic E-state index is -1.23. The van der Waals surface area contributed by atoms with E-state index in [-0.39, 0.29) is 31.9 Å². The second kappa shape index (κ2) is 11.7. The highest BCUT2D eigenvalue weighted by atomic mass is 32.2. The standard InChI is InChI=1S/C26H17F4NO5S2/c27-17-3-1-4-18(28)15(17)12-35-21-8-7-14(10-23-25(34)31(11-24(32)33)26(37)38-23)9-22(21)36-13-16-19(29)5-2-6-20(16)30/h1-10H,11-13H2,(H,32,33)/b23-10-. The molecule has 3 aromatic rings. The van der Waals surface area contributed by atoms with Crippen molar-refractivity contribution in [2.45, 2.75) is 13.2 Å². The number of rotatable bonds is 9. The molecule has 1 amide bonds. The molecule has 0 bridgehead atoms. The zero-order valence-corrected chi connectivity index (χ0v) is 20.9. The number of nitrogens with zero attached hydrogens (tertiary/aromatic N) is 1. The van der Waals surface area contributed by atoms with E-state index in [0.29, 0.717) is 5.56 Å². The van der Waals surface area contributed by atoms with E-state index in [1.165, 1.54) is 36.4 Å². The smallest absolute Gasteiger partial charge is 0.323 e. The zero-order chi connectivity index (χ0) is 27.4. The number of carbonyl (C=O) groups excluding carboxylic acids is 1. The summed E-state index contributed by atoms with van der Waals surface area (Å²) in [5, 5.41) is 9.00. The van der Waals surface area contributed by atoms with Crippen molar-refractivity contribution in [2.75, 3.05) is 6.54 Å². The molecule has 6 nitrogen and oxygen atoms in total. The maximum Gasteiger partial charge on any atom is 0.323 e. The van der Waals surface area contributed by atoms with Crippen LogP contribution in [0.15, 0.2) is 59.5 Å². The van der Waals surface area contributed by atoms with Crippen LogP contribution in [0.25, 0.3) is 6.08 Å². The number of thioether (sulfide) groups is 1. The van der Waals surface area contributed by atoms with E-state index in [1.54, 1.807) is 0 Å². The molecular weight excluding hydrogens is 546 g/mol. The molecule has 0 radical (unpaired) electrons. The van der Waals surface area contributed by atoms with Gasteiger partial charge in [0.15, 0.2) is 11.5 Å². The van der Waals surface area contributed by atoms with Gasteiger partial charge in [0.25, 0.3) is 5.91 Å². The van der Waals surface area contributed by atoms with Crippen LogP contribution in [0, 0.1) is 23.3 Å². The molecule has 12 heteroatoms. The van der Waals surface area contributed by atoms with Crippen molar-refractivity contribution in [3.63, 3.8) is 0 Å². The molecule has 1 fully saturated rings. The molecule has 1 N–H and O–H groups in total. The fourth-order valence-electron chi connectivity index (χ4n) is 3.41. The van der Waals surface area contributed by atoms with Gasteiger partial charge in [-0.15, -0.1) is 0 Å². The Kier molecular flexibility index (Phi) is 8.32. The van der Waals surface area contributed by atoms with Gasteiger partial charge in [0.1, 0.15) is 47.3 Å². The number of thiocarbonyl (C=S) groups is 1. The van der Waals surface area contributed by atoms with Gasteiger partial charge >= 0.3 is 5.97 Å². The molecule has 1 saturated heterocycles. The molecule has 0 aliphatic carbocycles. The summed E-state index contributed by atoms with van der Waals surface area (Å²) < 4.78 is 67.6. The third-order valence-electron chi connectivity index (χ3n) is 5.30. The molecule has 196 valence electrons. The zero-order valence-electron chi connectivity index (χ0n) is 19.3. The van der Waals surface area contributed by atoms with Gasteiger partial charge in [0, 0.05) is 0 Å². The lowest BCUT2D eigenvalue weighted by Gasteiger charge is -2.15. The van der Waals surface area contributed by atoms with Gasteiger partial charge in [-0.2, -0.15) is 0 Å². The average molecular weight is 564 g/mol. The predicted octanol–water partition coefficient (Wildman–Crippen LogP) is 5.69. The molecule has 38 heavy (non-hydrogen) atoms. The van der Waals surface area contributed by atoms with Gasteiger partial charge in [0.2, 0.25) is 0 Å². The number of aliphatic carboxylic acids is 1. The van der Waals surface area contributed by atoms with Crippen molar-refractivity contribution >= 4 is 46.3 Å². The lowest BCUT2D eigenvalue weighted by atomic mass is 10.1. The molecule has 0 unspecified atom stereocenters. The Morgan fingerprint density at radius 1 is 0.895 bits per heavy atom. The molecule has 4 rings (SSSR count). The van der Waals surface area contributed by atoms with Crippen LogP contribution in [0.2, 0.25) is 0 Å². The fraction of sp³-hybridized carbons (Fsp3) is 0.115. The lowest BCUT2D eigenvalue weighted by molar-refractivity contribution is -0.140. The van der Waals surface area contributed by atoms with Crippen LogP contribution in [0.1, 0.15) is 16.7 Å². The number of carboxylic acids is 1. The first-order valence-electron chi connectivity index (χ1n) is 10.9. The number of carboxylic acid groups (broad SMARTS) is 1. The minimum absolute atomic E-state index is 0.0139. The van der Waals surface area contributed by atoms with E-state index in [2.05, 4.69) is 0 Å². The minimum Gasteiger partial charge on any atom is -0.485 e.